The molecule has 9 nitrogen and oxygen atoms in total. The van der Waals surface area contributed by atoms with E-state index < -0.39 is 5.97 Å². The van der Waals surface area contributed by atoms with E-state index >= 15 is 0 Å². The summed E-state index contributed by atoms with van der Waals surface area (Å²) in [5.41, 5.74) is 4.62. The Hall–Kier alpha value is -4.79. The molecule has 34 heavy (non-hydrogen) atoms. The molecule has 0 unspecified atom stereocenters. The van der Waals surface area contributed by atoms with Crippen molar-refractivity contribution in [1.82, 2.24) is 9.99 Å². The Morgan fingerprint density at radius 2 is 1.82 bits per heavy atom. The quantitative estimate of drug-likeness (QED) is 0.287. The smallest absolute Gasteiger partial charge is 0.371 e. The van der Waals surface area contributed by atoms with Gasteiger partial charge in [0.25, 0.3) is 5.91 Å². The molecule has 0 radical (unpaired) electrons. The number of methoxy groups -OCH3 is 1. The molecular formula is C25H21N3O6. The van der Waals surface area contributed by atoms with Crippen molar-refractivity contribution in [2.45, 2.75) is 6.61 Å². The second kappa shape index (κ2) is 10.2. The lowest BCUT2D eigenvalue weighted by molar-refractivity contribution is 0.0657. The van der Waals surface area contributed by atoms with Crippen LogP contribution in [0.25, 0.3) is 5.69 Å². The molecule has 0 saturated heterocycles. The molecule has 2 aromatic heterocycles. The van der Waals surface area contributed by atoms with E-state index in [4.69, 9.17) is 19.0 Å². The molecule has 0 aliphatic carbocycles. The van der Waals surface area contributed by atoms with Crippen molar-refractivity contribution < 1.29 is 28.6 Å². The third kappa shape index (κ3) is 5.33. The highest BCUT2D eigenvalue weighted by atomic mass is 16.5. The number of carbonyl (C=O) groups is 2. The molecule has 4 aromatic rings. The van der Waals surface area contributed by atoms with Gasteiger partial charge in [-0.15, -0.1) is 0 Å². The minimum Gasteiger partial charge on any atom is -0.493 e. The number of hydrazone groups is 1. The maximum absolute atomic E-state index is 12.4. The lowest BCUT2D eigenvalue weighted by Gasteiger charge is -2.10. The van der Waals surface area contributed by atoms with Crippen LogP contribution < -0.4 is 14.9 Å². The number of carboxylic acids is 1. The molecule has 0 atom stereocenters. The number of hydrogen-bond acceptors (Lipinski definition) is 6. The molecule has 0 aliphatic rings. The summed E-state index contributed by atoms with van der Waals surface area (Å²) >= 11 is 0. The van der Waals surface area contributed by atoms with Crippen molar-refractivity contribution >= 4 is 18.1 Å². The second-order valence-corrected chi connectivity index (χ2v) is 7.11. The largest absolute Gasteiger partial charge is 0.493 e. The average molecular weight is 459 g/mol. The fourth-order valence-electron chi connectivity index (χ4n) is 3.12. The number of hydrogen-bond donors (Lipinski definition) is 2. The Bertz CT molecular complexity index is 1310. The Kier molecular flexibility index (Phi) is 6.73. The minimum atomic E-state index is -1.14. The van der Waals surface area contributed by atoms with Crippen molar-refractivity contribution in [3.8, 4) is 17.2 Å². The molecule has 4 rings (SSSR count). The van der Waals surface area contributed by atoms with Crippen LogP contribution in [0.5, 0.6) is 11.5 Å². The maximum Gasteiger partial charge on any atom is 0.371 e. The predicted molar refractivity (Wildman–Crippen MR) is 124 cm³/mol. The Morgan fingerprint density at radius 3 is 2.50 bits per heavy atom. The van der Waals surface area contributed by atoms with Gasteiger partial charge in [0.05, 0.1) is 13.3 Å². The van der Waals surface area contributed by atoms with Gasteiger partial charge in [-0.1, -0.05) is 0 Å². The first-order chi connectivity index (χ1) is 16.5. The van der Waals surface area contributed by atoms with Crippen LogP contribution >= 0.6 is 0 Å². The number of furan rings is 1. The molecule has 0 bridgehead atoms. The van der Waals surface area contributed by atoms with Gasteiger partial charge in [0.15, 0.2) is 11.5 Å². The van der Waals surface area contributed by atoms with Gasteiger partial charge in [0.1, 0.15) is 12.4 Å². The summed E-state index contributed by atoms with van der Waals surface area (Å²) in [6, 6.07) is 19.0. The summed E-state index contributed by atoms with van der Waals surface area (Å²) in [6.45, 7) is 0.0380. The first-order valence-corrected chi connectivity index (χ1v) is 10.2. The molecule has 2 heterocycles. The monoisotopic (exact) mass is 459 g/mol. The predicted octanol–water partition coefficient (Wildman–Crippen LogP) is 4.12. The zero-order valence-corrected chi connectivity index (χ0v) is 18.2. The molecule has 0 spiro atoms. The van der Waals surface area contributed by atoms with E-state index in [1.54, 1.807) is 30.3 Å². The summed E-state index contributed by atoms with van der Waals surface area (Å²) in [5, 5.41) is 12.9. The normalized spacial score (nSPS) is 10.9. The summed E-state index contributed by atoms with van der Waals surface area (Å²) in [6.07, 6.45) is 5.34. The van der Waals surface area contributed by atoms with E-state index in [-0.39, 0.29) is 18.3 Å². The number of ether oxygens (including phenoxy) is 2. The molecule has 0 aliphatic heterocycles. The first kappa shape index (κ1) is 22.4. The highest BCUT2D eigenvalue weighted by Gasteiger charge is 2.11. The molecule has 0 saturated carbocycles. The standard InChI is InChI=1S/C25H21N3O6/c1-32-23-14-17(4-10-21(23)33-16-20-9-11-22(34-20)25(30)31)15-26-27-24(29)18-5-7-19(8-6-18)28-12-2-3-13-28/h2-15H,16H2,1H3,(H,27,29)(H,30,31). The van der Waals surface area contributed by atoms with Gasteiger partial charge in [-0.2, -0.15) is 5.10 Å². The zero-order valence-electron chi connectivity index (χ0n) is 18.2. The van der Waals surface area contributed by atoms with E-state index in [0.717, 1.165) is 5.69 Å². The molecule has 9 heteroatoms. The van der Waals surface area contributed by atoms with Crippen molar-refractivity contribution in [2.24, 2.45) is 5.10 Å². The SMILES string of the molecule is COc1cc(C=NNC(=O)c2ccc(-n3cccc3)cc2)ccc1OCc1ccc(C(=O)O)o1. The van der Waals surface area contributed by atoms with Crippen LogP contribution in [-0.4, -0.2) is 34.9 Å². The van der Waals surface area contributed by atoms with E-state index in [9.17, 15) is 9.59 Å². The van der Waals surface area contributed by atoms with Crippen molar-refractivity contribution in [1.29, 1.82) is 0 Å². The number of benzene rings is 2. The Balaban J connectivity index is 1.35. The van der Waals surface area contributed by atoms with Crippen LogP contribution in [0.1, 0.15) is 32.2 Å². The van der Waals surface area contributed by atoms with Crippen molar-refractivity contribution in [2.75, 3.05) is 7.11 Å². The van der Waals surface area contributed by atoms with E-state index in [0.29, 0.717) is 28.4 Å². The maximum atomic E-state index is 12.4. The molecule has 0 fully saturated rings. The zero-order chi connectivity index (χ0) is 23.9. The summed E-state index contributed by atoms with van der Waals surface area (Å²) in [4.78, 5) is 23.3. The topological polar surface area (TPSA) is 115 Å². The number of aromatic nitrogens is 1. The van der Waals surface area contributed by atoms with Crippen molar-refractivity contribution in [3.63, 3.8) is 0 Å². The van der Waals surface area contributed by atoms with Crippen LogP contribution in [0.2, 0.25) is 0 Å². The molecule has 172 valence electrons. The van der Waals surface area contributed by atoms with E-state index in [1.165, 1.54) is 25.5 Å². The lowest BCUT2D eigenvalue weighted by atomic mass is 10.2. The Morgan fingerprint density at radius 1 is 1.06 bits per heavy atom. The minimum absolute atomic E-state index is 0.0380. The van der Waals surface area contributed by atoms with Gasteiger partial charge in [-0.25, -0.2) is 10.2 Å². The van der Waals surface area contributed by atoms with Crippen molar-refractivity contribution in [3.05, 3.63) is 102 Å². The van der Waals surface area contributed by atoms with Gasteiger partial charge < -0.3 is 23.6 Å². The molecule has 2 aromatic carbocycles. The van der Waals surface area contributed by atoms with Crippen LogP contribution in [0.4, 0.5) is 0 Å². The van der Waals surface area contributed by atoms with E-state index in [1.807, 2.05) is 41.2 Å². The first-order valence-electron chi connectivity index (χ1n) is 10.2. The lowest BCUT2D eigenvalue weighted by Crippen LogP contribution is -2.17. The summed E-state index contributed by atoms with van der Waals surface area (Å²) < 4.78 is 18.1. The molecule has 1 amide bonds. The number of nitrogens with zero attached hydrogens (tertiary/aromatic N) is 2. The summed E-state index contributed by atoms with van der Waals surface area (Å²) in [5.74, 6) is -0.374. The highest BCUT2D eigenvalue weighted by molar-refractivity contribution is 5.95. The number of carboxylic acid groups (broad SMARTS) is 1. The number of amides is 1. The van der Waals surface area contributed by atoms with Crippen LogP contribution in [0.15, 0.2) is 88.6 Å². The number of nitrogens with one attached hydrogen (secondary N) is 1. The number of carbonyl (C=O) groups excluding carboxylic acids is 1. The average Bonchev–Trinajstić information content (AvgIpc) is 3.56. The van der Waals surface area contributed by atoms with E-state index in [2.05, 4.69) is 10.5 Å². The van der Waals surface area contributed by atoms with Gasteiger partial charge in [-0.05, 0) is 72.3 Å². The number of rotatable bonds is 9. The second-order valence-electron chi connectivity index (χ2n) is 7.11. The fraction of sp³-hybridized carbons (Fsp3) is 0.0800. The van der Waals surface area contributed by atoms with Gasteiger partial charge in [0, 0.05) is 23.6 Å². The van der Waals surface area contributed by atoms with Crippen LogP contribution in [0, 0.1) is 0 Å². The molecular weight excluding hydrogens is 438 g/mol. The van der Waals surface area contributed by atoms with Crippen LogP contribution in [-0.2, 0) is 6.61 Å². The fourth-order valence-corrected chi connectivity index (χ4v) is 3.12. The third-order valence-electron chi connectivity index (χ3n) is 4.84. The van der Waals surface area contributed by atoms with Gasteiger partial charge in [-0.3, -0.25) is 4.79 Å². The van der Waals surface area contributed by atoms with Crippen LogP contribution in [0.3, 0.4) is 0 Å². The number of aromatic carboxylic acids is 1. The highest BCUT2D eigenvalue weighted by Crippen LogP contribution is 2.28. The Labute approximate surface area is 194 Å². The molecule has 2 N–H and O–H groups in total. The summed E-state index contributed by atoms with van der Waals surface area (Å²) in [7, 11) is 1.50. The van der Waals surface area contributed by atoms with Gasteiger partial charge in [0.2, 0.25) is 5.76 Å². The third-order valence-corrected chi connectivity index (χ3v) is 4.84. The van der Waals surface area contributed by atoms with Gasteiger partial charge >= 0.3 is 5.97 Å².